The molecule has 0 saturated heterocycles. The van der Waals surface area contributed by atoms with Crippen LogP contribution in [0.2, 0.25) is 0 Å². The summed E-state index contributed by atoms with van der Waals surface area (Å²) in [6, 6.07) is 5.12. The molecule has 1 amide bonds. The third-order valence-electron chi connectivity index (χ3n) is 2.42. The van der Waals surface area contributed by atoms with Crippen LogP contribution < -0.4 is 10.1 Å². The zero-order chi connectivity index (χ0) is 17.5. The highest BCUT2D eigenvalue weighted by atomic mass is 79.9. The highest BCUT2D eigenvalue weighted by Crippen LogP contribution is 2.24. The molecule has 0 spiro atoms. The molecule has 0 aromatic heterocycles. The van der Waals surface area contributed by atoms with Crippen molar-refractivity contribution in [3.05, 3.63) is 34.3 Å². The lowest BCUT2D eigenvalue weighted by atomic mass is 10.2. The lowest BCUT2D eigenvalue weighted by Crippen LogP contribution is -2.36. The first-order chi connectivity index (χ1) is 10.7. The third-order valence-corrected chi connectivity index (χ3v) is 2.92. The van der Waals surface area contributed by atoms with E-state index in [9.17, 15) is 22.8 Å². The molecule has 5 nitrogen and oxygen atoms in total. The van der Waals surface area contributed by atoms with Crippen molar-refractivity contribution in [2.75, 3.05) is 20.3 Å². The van der Waals surface area contributed by atoms with Gasteiger partial charge in [-0.15, -0.1) is 0 Å². The van der Waals surface area contributed by atoms with Crippen LogP contribution in [0.15, 0.2) is 28.7 Å². The second kappa shape index (κ2) is 8.56. The number of ether oxygens (including phenoxy) is 2. The number of benzene rings is 1. The largest absolute Gasteiger partial charge is 0.496 e. The number of alkyl halides is 3. The van der Waals surface area contributed by atoms with Gasteiger partial charge in [-0.2, -0.15) is 13.2 Å². The Morgan fingerprint density at radius 1 is 1.35 bits per heavy atom. The summed E-state index contributed by atoms with van der Waals surface area (Å²) in [6.45, 7) is -2.27. The van der Waals surface area contributed by atoms with Crippen molar-refractivity contribution in [3.8, 4) is 5.75 Å². The van der Waals surface area contributed by atoms with E-state index in [0.29, 0.717) is 11.3 Å². The number of hydrogen-bond acceptors (Lipinski definition) is 4. The van der Waals surface area contributed by atoms with Gasteiger partial charge in [0.25, 0.3) is 5.91 Å². The monoisotopic (exact) mass is 395 g/mol. The number of carbonyl (C=O) groups is 2. The average molecular weight is 396 g/mol. The molecular weight excluding hydrogens is 383 g/mol. The second-order valence-electron chi connectivity index (χ2n) is 4.22. The molecule has 126 valence electrons. The van der Waals surface area contributed by atoms with Gasteiger partial charge in [-0.25, -0.2) is 4.79 Å². The predicted molar refractivity (Wildman–Crippen MR) is 79.8 cm³/mol. The van der Waals surface area contributed by atoms with Gasteiger partial charge in [0.1, 0.15) is 12.3 Å². The summed E-state index contributed by atoms with van der Waals surface area (Å²) in [5.41, 5.74) is 0.584. The van der Waals surface area contributed by atoms with Crippen LogP contribution >= 0.6 is 15.9 Å². The van der Waals surface area contributed by atoms with E-state index in [4.69, 9.17) is 4.74 Å². The first-order valence-corrected chi connectivity index (χ1v) is 7.02. The minimum absolute atomic E-state index is 0.514. The number of amides is 1. The molecule has 23 heavy (non-hydrogen) atoms. The van der Waals surface area contributed by atoms with Crippen LogP contribution in [0, 0.1) is 0 Å². The minimum atomic E-state index is -4.52. The van der Waals surface area contributed by atoms with Crippen LogP contribution in [0.1, 0.15) is 5.56 Å². The highest BCUT2D eigenvalue weighted by Gasteiger charge is 2.27. The van der Waals surface area contributed by atoms with Crippen LogP contribution in [0.3, 0.4) is 0 Å². The number of nitrogens with one attached hydrogen (secondary N) is 1. The maximum Gasteiger partial charge on any atom is 0.405 e. The minimum Gasteiger partial charge on any atom is -0.496 e. The topological polar surface area (TPSA) is 64.6 Å². The van der Waals surface area contributed by atoms with E-state index < -0.39 is 31.2 Å². The predicted octanol–water partition coefficient (Wildman–Crippen LogP) is 2.69. The molecular formula is C14H13BrF3NO4. The third kappa shape index (κ3) is 7.68. The van der Waals surface area contributed by atoms with E-state index >= 15 is 0 Å². The van der Waals surface area contributed by atoms with Crippen LogP contribution in [0.4, 0.5) is 13.2 Å². The molecule has 1 N–H and O–H groups in total. The van der Waals surface area contributed by atoms with E-state index in [2.05, 4.69) is 20.7 Å². The number of hydrogen-bond donors (Lipinski definition) is 1. The molecule has 0 atom stereocenters. The molecule has 9 heteroatoms. The summed E-state index contributed by atoms with van der Waals surface area (Å²) in [6.07, 6.45) is -2.07. The quantitative estimate of drug-likeness (QED) is 0.594. The lowest BCUT2D eigenvalue weighted by molar-refractivity contribution is -0.148. The highest BCUT2D eigenvalue weighted by molar-refractivity contribution is 9.10. The van der Waals surface area contributed by atoms with Crippen molar-refractivity contribution in [1.82, 2.24) is 5.32 Å². The van der Waals surface area contributed by atoms with E-state index in [1.54, 1.807) is 23.5 Å². The fourth-order valence-electron chi connectivity index (χ4n) is 1.43. The fourth-order valence-corrected chi connectivity index (χ4v) is 1.81. The molecule has 0 aliphatic carbocycles. The van der Waals surface area contributed by atoms with Gasteiger partial charge in [0, 0.05) is 16.1 Å². The van der Waals surface area contributed by atoms with Crippen molar-refractivity contribution in [2.45, 2.75) is 6.18 Å². The van der Waals surface area contributed by atoms with Crippen LogP contribution in [-0.4, -0.2) is 38.3 Å². The Labute approximate surface area is 138 Å². The van der Waals surface area contributed by atoms with Crippen LogP contribution in [-0.2, 0) is 14.3 Å². The summed E-state index contributed by atoms with van der Waals surface area (Å²) < 4.78 is 46.0. The lowest BCUT2D eigenvalue weighted by Gasteiger charge is -2.08. The smallest absolute Gasteiger partial charge is 0.405 e. The van der Waals surface area contributed by atoms with Gasteiger partial charge in [-0.3, -0.25) is 4.79 Å². The maximum atomic E-state index is 11.9. The molecule has 1 rings (SSSR count). The molecule has 0 fully saturated rings. The van der Waals surface area contributed by atoms with Gasteiger partial charge in [-0.1, -0.05) is 15.9 Å². The van der Waals surface area contributed by atoms with Gasteiger partial charge < -0.3 is 14.8 Å². The molecule has 0 aliphatic rings. The van der Waals surface area contributed by atoms with Gasteiger partial charge in [0.15, 0.2) is 6.61 Å². The zero-order valence-electron chi connectivity index (χ0n) is 11.9. The molecule has 0 bridgehead atoms. The van der Waals surface area contributed by atoms with E-state index in [1.165, 1.54) is 13.2 Å². The first-order valence-electron chi connectivity index (χ1n) is 6.23. The normalized spacial score (nSPS) is 11.3. The van der Waals surface area contributed by atoms with Crippen LogP contribution in [0.5, 0.6) is 5.75 Å². The number of carbonyl (C=O) groups excluding carboxylic acids is 2. The average Bonchev–Trinajstić information content (AvgIpc) is 2.48. The molecule has 1 aromatic rings. The van der Waals surface area contributed by atoms with Gasteiger partial charge >= 0.3 is 12.1 Å². The van der Waals surface area contributed by atoms with Gasteiger partial charge in [0.2, 0.25) is 0 Å². The Hall–Kier alpha value is -2.03. The summed E-state index contributed by atoms with van der Waals surface area (Å²) in [5.74, 6) is -1.39. The van der Waals surface area contributed by atoms with E-state index in [0.717, 1.165) is 10.5 Å². The summed E-state index contributed by atoms with van der Waals surface area (Å²) in [5, 5.41) is 1.59. The molecule has 1 aromatic carbocycles. The van der Waals surface area contributed by atoms with Gasteiger partial charge in [0.05, 0.1) is 7.11 Å². The first kappa shape index (κ1) is 19.0. The molecule has 0 unspecified atom stereocenters. The van der Waals surface area contributed by atoms with Crippen molar-refractivity contribution in [3.63, 3.8) is 0 Å². The number of esters is 1. The number of methoxy groups -OCH3 is 1. The Morgan fingerprint density at radius 3 is 2.65 bits per heavy atom. The fraction of sp³-hybridized carbons (Fsp3) is 0.286. The Kier molecular flexibility index (Phi) is 7.08. The van der Waals surface area contributed by atoms with Crippen molar-refractivity contribution in [2.24, 2.45) is 0 Å². The SMILES string of the molecule is COc1ccc(Br)cc1/C=C/C(=O)OCC(=O)NCC(F)(F)F. The number of halogens is 4. The van der Waals surface area contributed by atoms with Crippen molar-refractivity contribution >= 4 is 33.9 Å². The van der Waals surface area contributed by atoms with Gasteiger partial charge in [-0.05, 0) is 24.3 Å². The standard InChI is InChI=1S/C14H13BrF3NO4/c1-22-11-4-3-10(15)6-9(11)2-5-13(21)23-7-12(20)19-8-14(16,17)18/h2-6H,7-8H2,1H3,(H,19,20)/b5-2+. The molecule has 0 aliphatic heterocycles. The van der Waals surface area contributed by atoms with Crippen molar-refractivity contribution < 1.29 is 32.2 Å². The Morgan fingerprint density at radius 2 is 2.04 bits per heavy atom. The molecule has 0 saturated carbocycles. The summed E-state index contributed by atoms with van der Waals surface area (Å²) >= 11 is 3.27. The zero-order valence-corrected chi connectivity index (χ0v) is 13.5. The second-order valence-corrected chi connectivity index (χ2v) is 5.13. The van der Waals surface area contributed by atoms with Crippen molar-refractivity contribution in [1.29, 1.82) is 0 Å². The van der Waals surface area contributed by atoms with Crippen LogP contribution in [0.25, 0.3) is 6.08 Å². The van der Waals surface area contributed by atoms with E-state index in [1.807, 2.05) is 0 Å². The Bertz CT molecular complexity index is 602. The van der Waals surface area contributed by atoms with E-state index in [-0.39, 0.29) is 0 Å². The summed E-state index contributed by atoms with van der Waals surface area (Å²) in [4.78, 5) is 22.5. The number of rotatable bonds is 6. The Balaban J connectivity index is 2.51. The maximum absolute atomic E-state index is 11.9. The molecule has 0 heterocycles. The summed E-state index contributed by atoms with van der Waals surface area (Å²) in [7, 11) is 1.46. The molecule has 0 radical (unpaired) electrons.